The second kappa shape index (κ2) is 7.47. The molecule has 0 aliphatic carbocycles. The second-order valence-electron chi connectivity index (χ2n) is 7.32. The zero-order valence-electron chi connectivity index (χ0n) is 15.6. The van der Waals surface area contributed by atoms with Crippen molar-refractivity contribution in [3.63, 3.8) is 0 Å². The van der Waals surface area contributed by atoms with Crippen molar-refractivity contribution >= 4 is 38.7 Å². The molecule has 0 amide bonds. The largest absolute Gasteiger partial charge is 0.377 e. The van der Waals surface area contributed by atoms with Gasteiger partial charge in [-0.05, 0) is 31.2 Å². The molecule has 0 radical (unpaired) electrons. The number of rotatable bonds is 4. The fraction of sp³-hybridized carbons (Fsp3) is 0.500. The van der Waals surface area contributed by atoms with Gasteiger partial charge < -0.3 is 9.64 Å². The molecule has 3 aromatic rings. The van der Waals surface area contributed by atoms with Gasteiger partial charge in [-0.1, -0.05) is 6.07 Å². The van der Waals surface area contributed by atoms with Crippen LogP contribution in [0.1, 0.15) is 18.7 Å². The second-order valence-corrected chi connectivity index (χ2v) is 9.13. The van der Waals surface area contributed by atoms with E-state index in [0.29, 0.717) is 6.10 Å². The van der Waals surface area contributed by atoms with E-state index in [1.807, 2.05) is 6.92 Å². The third-order valence-corrected chi connectivity index (χ3v) is 7.25. The highest BCUT2D eigenvalue weighted by atomic mass is 32.1. The minimum Gasteiger partial charge on any atom is -0.377 e. The molecule has 0 aromatic carbocycles. The SMILES string of the molecule is Cc1nc(N2CCN(C[C@H]3CCCO3)CC2)c2c(-c3cccs3)csc2n1. The number of thiophene rings is 2. The topological polar surface area (TPSA) is 41.5 Å². The first-order chi connectivity index (χ1) is 13.3. The van der Waals surface area contributed by atoms with E-state index in [4.69, 9.17) is 14.7 Å². The van der Waals surface area contributed by atoms with E-state index < -0.39 is 0 Å². The Kier molecular flexibility index (Phi) is 4.85. The average Bonchev–Trinajstić information content (AvgIpc) is 3.43. The molecule has 7 heteroatoms. The van der Waals surface area contributed by atoms with Gasteiger partial charge in [0, 0.05) is 55.2 Å². The molecular formula is C20H24N4OS2. The highest BCUT2D eigenvalue weighted by Crippen LogP contribution is 2.40. The van der Waals surface area contributed by atoms with Crippen molar-refractivity contribution in [1.82, 2.24) is 14.9 Å². The molecule has 5 heterocycles. The molecule has 27 heavy (non-hydrogen) atoms. The van der Waals surface area contributed by atoms with Crippen molar-refractivity contribution in [1.29, 1.82) is 0 Å². The van der Waals surface area contributed by atoms with Gasteiger partial charge >= 0.3 is 0 Å². The summed E-state index contributed by atoms with van der Waals surface area (Å²) in [6, 6.07) is 4.30. The van der Waals surface area contributed by atoms with Gasteiger partial charge in [-0.3, -0.25) is 4.90 Å². The first kappa shape index (κ1) is 17.6. The lowest BCUT2D eigenvalue weighted by atomic mass is 10.1. The van der Waals surface area contributed by atoms with Gasteiger partial charge in [-0.2, -0.15) is 0 Å². The van der Waals surface area contributed by atoms with Gasteiger partial charge in [0.2, 0.25) is 0 Å². The molecule has 0 N–H and O–H groups in total. The molecular weight excluding hydrogens is 376 g/mol. The quantitative estimate of drug-likeness (QED) is 0.661. The predicted octanol–water partition coefficient (Wildman–Crippen LogP) is 4.03. The Morgan fingerprint density at radius 2 is 2.07 bits per heavy atom. The molecule has 2 aliphatic heterocycles. The predicted molar refractivity (Wildman–Crippen MR) is 113 cm³/mol. The molecule has 3 aromatic heterocycles. The summed E-state index contributed by atoms with van der Waals surface area (Å²) in [6.07, 6.45) is 2.86. The number of aromatic nitrogens is 2. The molecule has 5 nitrogen and oxygen atoms in total. The van der Waals surface area contributed by atoms with Crippen molar-refractivity contribution in [3.05, 3.63) is 28.7 Å². The Balaban J connectivity index is 1.40. The lowest BCUT2D eigenvalue weighted by Crippen LogP contribution is -2.48. The fourth-order valence-corrected chi connectivity index (χ4v) is 5.89. The van der Waals surface area contributed by atoms with Crippen LogP contribution in [0.25, 0.3) is 20.7 Å². The van der Waals surface area contributed by atoms with Crippen LogP contribution in [0.5, 0.6) is 0 Å². The van der Waals surface area contributed by atoms with Crippen LogP contribution >= 0.6 is 22.7 Å². The Morgan fingerprint density at radius 3 is 2.81 bits per heavy atom. The molecule has 1 atom stereocenters. The molecule has 0 saturated carbocycles. The van der Waals surface area contributed by atoms with Gasteiger partial charge in [0.05, 0.1) is 11.5 Å². The molecule has 2 fully saturated rings. The van der Waals surface area contributed by atoms with E-state index in [1.165, 1.54) is 28.7 Å². The molecule has 0 unspecified atom stereocenters. The number of piperazine rings is 1. The number of hydrogen-bond acceptors (Lipinski definition) is 7. The number of nitrogens with zero attached hydrogens (tertiary/aromatic N) is 4. The minimum atomic E-state index is 0.437. The van der Waals surface area contributed by atoms with Gasteiger partial charge in [0.15, 0.2) is 0 Å². The number of hydrogen-bond donors (Lipinski definition) is 0. The fourth-order valence-electron chi connectivity index (χ4n) is 4.09. The van der Waals surface area contributed by atoms with Crippen LogP contribution in [0.15, 0.2) is 22.9 Å². The summed E-state index contributed by atoms with van der Waals surface area (Å²) in [5.41, 5.74) is 1.28. The first-order valence-corrected chi connectivity index (χ1v) is 11.4. The van der Waals surface area contributed by atoms with Crippen LogP contribution in [0.2, 0.25) is 0 Å². The van der Waals surface area contributed by atoms with E-state index in [9.17, 15) is 0 Å². The molecule has 0 spiro atoms. The summed E-state index contributed by atoms with van der Waals surface area (Å²) in [7, 11) is 0. The molecule has 2 saturated heterocycles. The number of anilines is 1. The Morgan fingerprint density at radius 1 is 1.19 bits per heavy atom. The number of ether oxygens (including phenoxy) is 1. The van der Waals surface area contributed by atoms with Crippen LogP contribution in [-0.4, -0.2) is 60.3 Å². The van der Waals surface area contributed by atoms with Crippen LogP contribution < -0.4 is 4.90 Å². The Labute approximate surface area is 167 Å². The van der Waals surface area contributed by atoms with Crippen LogP contribution in [-0.2, 0) is 4.74 Å². The highest BCUT2D eigenvalue weighted by Gasteiger charge is 2.25. The van der Waals surface area contributed by atoms with Crippen molar-refractivity contribution in [3.8, 4) is 10.4 Å². The van der Waals surface area contributed by atoms with Crippen molar-refractivity contribution in [2.24, 2.45) is 0 Å². The van der Waals surface area contributed by atoms with Crippen LogP contribution in [0.4, 0.5) is 5.82 Å². The van der Waals surface area contributed by atoms with Crippen LogP contribution in [0, 0.1) is 6.92 Å². The van der Waals surface area contributed by atoms with E-state index >= 15 is 0 Å². The summed E-state index contributed by atoms with van der Waals surface area (Å²) >= 11 is 3.51. The monoisotopic (exact) mass is 400 g/mol. The summed E-state index contributed by atoms with van der Waals surface area (Å²) in [5.74, 6) is 1.97. The Hall–Kier alpha value is -1.54. The molecule has 142 valence electrons. The van der Waals surface area contributed by atoms with Crippen LogP contribution in [0.3, 0.4) is 0 Å². The smallest absolute Gasteiger partial charge is 0.141 e. The zero-order chi connectivity index (χ0) is 18.2. The maximum Gasteiger partial charge on any atom is 0.141 e. The first-order valence-electron chi connectivity index (χ1n) is 9.66. The lowest BCUT2D eigenvalue weighted by molar-refractivity contribution is 0.0712. The van der Waals surface area contributed by atoms with E-state index in [2.05, 4.69) is 32.7 Å². The summed E-state index contributed by atoms with van der Waals surface area (Å²) in [6.45, 7) is 8.18. The van der Waals surface area contributed by atoms with Gasteiger partial charge in [-0.15, -0.1) is 22.7 Å². The summed E-state index contributed by atoms with van der Waals surface area (Å²) in [4.78, 5) is 17.0. The lowest BCUT2D eigenvalue weighted by Gasteiger charge is -2.36. The van der Waals surface area contributed by atoms with Gasteiger partial charge in [0.1, 0.15) is 16.5 Å². The number of fused-ring (bicyclic) bond motifs is 1. The van der Waals surface area contributed by atoms with Crippen molar-refractivity contribution < 1.29 is 4.74 Å². The molecule has 0 bridgehead atoms. The van der Waals surface area contributed by atoms with E-state index in [-0.39, 0.29) is 0 Å². The van der Waals surface area contributed by atoms with Crippen molar-refractivity contribution in [2.75, 3.05) is 44.2 Å². The molecule has 2 aliphatic rings. The van der Waals surface area contributed by atoms with E-state index in [1.54, 1.807) is 22.7 Å². The third-order valence-electron chi connectivity index (χ3n) is 5.47. The highest BCUT2D eigenvalue weighted by molar-refractivity contribution is 7.18. The van der Waals surface area contributed by atoms with E-state index in [0.717, 1.165) is 55.8 Å². The standard InChI is InChI=1S/C20H24N4OS2/c1-14-21-19(18-16(13-27-20(18)22-14)17-5-3-11-26-17)24-8-6-23(7-9-24)12-15-4-2-10-25-15/h3,5,11,13,15H,2,4,6-10,12H2,1H3/t15-/m1/s1. The summed E-state index contributed by atoms with van der Waals surface area (Å²) in [5, 5.41) is 5.60. The van der Waals surface area contributed by atoms with Gasteiger partial charge in [0.25, 0.3) is 0 Å². The zero-order valence-corrected chi connectivity index (χ0v) is 17.2. The Bertz CT molecular complexity index is 910. The molecule has 5 rings (SSSR count). The van der Waals surface area contributed by atoms with Gasteiger partial charge in [-0.25, -0.2) is 9.97 Å². The number of aryl methyl sites for hydroxylation is 1. The minimum absolute atomic E-state index is 0.437. The maximum absolute atomic E-state index is 5.81. The summed E-state index contributed by atoms with van der Waals surface area (Å²) < 4.78 is 5.81. The maximum atomic E-state index is 5.81. The normalized spacial score (nSPS) is 21.4. The average molecular weight is 401 g/mol. The third kappa shape index (κ3) is 3.49. The van der Waals surface area contributed by atoms with Crippen molar-refractivity contribution in [2.45, 2.75) is 25.9 Å².